The molecule has 2 aromatic rings. The maximum atomic E-state index is 10.8. The maximum Gasteiger partial charge on any atom is 0.335 e. The van der Waals surface area contributed by atoms with E-state index in [0.29, 0.717) is 11.5 Å². The van der Waals surface area contributed by atoms with E-state index in [4.69, 9.17) is 21.4 Å². The molecule has 0 aromatic heterocycles. The molecule has 0 saturated carbocycles. The molecule has 2 aromatic carbocycles. The lowest BCUT2D eigenvalue weighted by Gasteiger charge is -2.11. The van der Waals surface area contributed by atoms with Gasteiger partial charge in [-0.25, -0.2) is 4.79 Å². The van der Waals surface area contributed by atoms with Crippen molar-refractivity contribution in [1.82, 2.24) is 0 Å². The van der Waals surface area contributed by atoms with Crippen molar-refractivity contribution < 1.29 is 14.6 Å². The van der Waals surface area contributed by atoms with E-state index in [1.165, 1.54) is 12.1 Å². The van der Waals surface area contributed by atoms with Crippen LogP contribution in [0.2, 0.25) is 5.02 Å². The van der Waals surface area contributed by atoms with Gasteiger partial charge in [0.2, 0.25) is 0 Å². The number of hydrogen-bond acceptors (Lipinski definition) is 2. The Balaban J connectivity index is 2.34. The number of hydrogen-bond donors (Lipinski definition) is 1. The van der Waals surface area contributed by atoms with Gasteiger partial charge in [0.15, 0.2) is 0 Å². The lowest BCUT2D eigenvalue weighted by Crippen LogP contribution is -1.97. The van der Waals surface area contributed by atoms with Crippen LogP contribution in [-0.2, 0) is 0 Å². The summed E-state index contributed by atoms with van der Waals surface area (Å²) in [7, 11) is 0. The lowest BCUT2D eigenvalue weighted by atomic mass is 10.1. The molecule has 0 saturated heterocycles. The molecule has 0 aliphatic rings. The Morgan fingerprint density at radius 1 is 1.16 bits per heavy atom. The second-order valence-electron chi connectivity index (χ2n) is 4.25. The monoisotopic (exact) mass is 276 g/mol. The van der Waals surface area contributed by atoms with Gasteiger partial charge in [0.25, 0.3) is 0 Å². The molecule has 0 fully saturated rings. The highest BCUT2D eigenvalue weighted by Gasteiger charge is 2.10. The van der Waals surface area contributed by atoms with Crippen molar-refractivity contribution in [2.75, 3.05) is 0 Å². The number of ether oxygens (including phenoxy) is 1. The molecule has 3 nitrogen and oxygen atoms in total. The minimum Gasteiger partial charge on any atom is -0.478 e. The Morgan fingerprint density at radius 2 is 1.89 bits per heavy atom. The van der Waals surface area contributed by atoms with Gasteiger partial charge in [0, 0.05) is 0 Å². The van der Waals surface area contributed by atoms with E-state index in [1.54, 1.807) is 6.07 Å². The molecule has 19 heavy (non-hydrogen) atoms. The molecule has 1 N–H and O–H groups in total. The van der Waals surface area contributed by atoms with E-state index in [9.17, 15) is 4.79 Å². The fourth-order valence-electron chi connectivity index (χ4n) is 1.67. The van der Waals surface area contributed by atoms with Crippen LogP contribution >= 0.6 is 11.6 Å². The Kier molecular flexibility index (Phi) is 3.76. The third-order valence-corrected chi connectivity index (χ3v) is 3.25. The van der Waals surface area contributed by atoms with E-state index in [2.05, 4.69) is 0 Å². The standard InChI is InChI=1S/C15H13ClO3/c1-9-4-3-5-13(10(9)2)19-14-7-6-11(15(17)18)8-12(14)16/h3-8H,1-2H3,(H,17,18). The number of benzene rings is 2. The first-order valence-electron chi connectivity index (χ1n) is 5.76. The second kappa shape index (κ2) is 5.33. The van der Waals surface area contributed by atoms with Crippen molar-refractivity contribution in [1.29, 1.82) is 0 Å². The van der Waals surface area contributed by atoms with E-state index >= 15 is 0 Å². The topological polar surface area (TPSA) is 46.5 Å². The summed E-state index contributed by atoms with van der Waals surface area (Å²) in [4.78, 5) is 10.8. The first-order chi connectivity index (χ1) is 8.99. The lowest BCUT2D eigenvalue weighted by molar-refractivity contribution is 0.0697. The SMILES string of the molecule is Cc1cccc(Oc2ccc(C(=O)O)cc2Cl)c1C. The Hall–Kier alpha value is -2.00. The van der Waals surface area contributed by atoms with Crippen LogP contribution < -0.4 is 4.74 Å². The fourth-order valence-corrected chi connectivity index (χ4v) is 1.89. The first kappa shape index (κ1) is 13.4. The normalized spacial score (nSPS) is 10.3. The van der Waals surface area contributed by atoms with E-state index in [0.717, 1.165) is 11.1 Å². The molecule has 0 bridgehead atoms. The molecule has 98 valence electrons. The molecule has 4 heteroatoms. The van der Waals surface area contributed by atoms with E-state index < -0.39 is 5.97 Å². The number of carbonyl (C=O) groups is 1. The quantitative estimate of drug-likeness (QED) is 0.901. The zero-order valence-electron chi connectivity index (χ0n) is 10.6. The zero-order chi connectivity index (χ0) is 14.0. The van der Waals surface area contributed by atoms with Gasteiger partial charge in [-0.15, -0.1) is 0 Å². The van der Waals surface area contributed by atoms with Crippen LogP contribution in [0.15, 0.2) is 36.4 Å². The number of halogens is 1. The summed E-state index contributed by atoms with van der Waals surface area (Å²) in [6.45, 7) is 3.96. The molecule has 2 rings (SSSR count). The second-order valence-corrected chi connectivity index (χ2v) is 4.66. The molecule has 0 radical (unpaired) electrons. The Labute approximate surface area is 116 Å². The van der Waals surface area contributed by atoms with Crippen LogP contribution in [0.1, 0.15) is 21.5 Å². The summed E-state index contributed by atoms with van der Waals surface area (Å²) >= 11 is 6.03. The molecular weight excluding hydrogens is 264 g/mol. The van der Waals surface area contributed by atoms with Crippen LogP contribution in [0.5, 0.6) is 11.5 Å². The average molecular weight is 277 g/mol. The zero-order valence-corrected chi connectivity index (χ0v) is 11.4. The third-order valence-electron chi connectivity index (χ3n) is 2.95. The van der Waals surface area contributed by atoms with Gasteiger partial charge in [-0.1, -0.05) is 23.7 Å². The predicted octanol–water partition coefficient (Wildman–Crippen LogP) is 4.45. The summed E-state index contributed by atoms with van der Waals surface area (Å²) in [5, 5.41) is 9.15. The third kappa shape index (κ3) is 2.88. The average Bonchev–Trinajstić information content (AvgIpc) is 2.37. The molecule has 0 heterocycles. The first-order valence-corrected chi connectivity index (χ1v) is 6.13. The molecule has 0 atom stereocenters. The summed E-state index contributed by atoms with van der Waals surface area (Å²) in [5.74, 6) is 0.144. The maximum absolute atomic E-state index is 10.8. The minimum absolute atomic E-state index is 0.137. The highest BCUT2D eigenvalue weighted by atomic mass is 35.5. The van der Waals surface area contributed by atoms with Crippen molar-refractivity contribution >= 4 is 17.6 Å². The number of rotatable bonds is 3. The predicted molar refractivity (Wildman–Crippen MR) is 74.4 cm³/mol. The van der Waals surface area contributed by atoms with Gasteiger partial charge in [-0.2, -0.15) is 0 Å². The number of carboxylic acids is 1. The highest BCUT2D eigenvalue weighted by molar-refractivity contribution is 6.32. The number of carboxylic acid groups (broad SMARTS) is 1. The van der Waals surface area contributed by atoms with Crippen LogP contribution in [0.3, 0.4) is 0 Å². The summed E-state index contributed by atoms with van der Waals surface area (Å²) in [6, 6.07) is 10.2. The summed E-state index contributed by atoms with van der Waals surface area (Å²) in [5.41, 5.74) is 2.29. The minimum atomic E-state index is -1.01. The molecule has 0 amide bonds. The van der Waals surface area contributed by atoms with E-state index in [1.807, 2.05) is 32.0 Å². The number of aromatic carboxylic acids is 1. The van der Waals surface area contributed by atoms with Gasteiger partial charge in [0.1, 0.15) is 11.5 Å². The smallest absolute Gasteiger partial charge is 0.335 e. The van der Waals surface area contributed by atoms with Crippen molar-refractivity contribution in [2.45, 2.75) is 13.8 Å². The van der Waals surface area contributed by atoms with Crippen molar-refractivity contribution in [3.8, 4) is 11.5 Å². The van der Waals surface area contributed by atoms with Crippen LogP contribution in [0.4, 0.5) is 0 Å². The van der Waals surface area contributed by atoms with Crippen molar-refractivity contribution in [2.24, 2.45) is 0 Å². The summed E-state index contributed by atoms with van der Waals surface area (Å²) in [6.07, 6.45) is 0. The molecule has 0 aliphatic heterocycles. The molecular formula is C15H13ClO3. The highest BCUT2D eigenvalue weighted by Crippen LogP contribution is 2.32. The number of aryl methyl sites for hydroxylation is 1. The van der Waals surface area contributed by atoms with Gasteiger partial charge >= 0.3 is 5.97 Å². The van der Waals surface area contributed by atoms with Gasteiger partial charge < -0.3 is 9.84 Å². The Morgan fingerprint density at radius 3 is 2.53 bits per heavy atom. The molecule has 0 unspecified atom stereocenters. The van der Waals surface area contributed by atoms with Crippen LogP contribution in [-0.4, -0.2) is 11.1 Å². The largest absolute Gasteiger partial charge is 0.478 e. The Bertz CT molecular complexity index is 635. The van der Waals surface area contributed by atoms with Gasteiger partial charge in [-0.3, -0.25) is 0 Å². The van der Waals surface area contributed by atoms with Gasteiger partial charge in [-0.05, 0) is 49.2 Å². The molecule has 0 spiro atoms. The van der Waals surface area contributed by atoms with Crippen LogP contribution in [0, 0.1) is 13.8 Å². The van der Waals surface area contributed by atoms with Crippen LogP contribution in [0.25, 0.3) is 0 Å². The van der Waals surface area contributed by atoms with Crippen molar-refractivity contribution in [3.05, 3.63) is 58.1 Å². The fraction of sp³-hybridized carbons (Fsp3) is 0.133. The van der Waals surface area contributed by atoms with E-state index in [-0.39, 0.29) is 10.6 Å². The van der Waals surface area contributed by atoms with Gasteiger partial charge in [0.05, 0.1) is 10.6 Å². The molecule has 0 aliphatic carbocycles. The summed E-state index contributed by atoms with van der Waals surface area (Å²) < 4.78 is 5.73. The van der Waals surface area contributed by atoms with Crippen molar-refractivity contribution in [3.63, 3.8) is 0 Å².